The van der Waals surface area contributed by atoms with Crippen LogP contribution < -0.4 is 10.2 Å². The van der Waals surface area contributed by atoms with Gasteiger partial charge >= 0.3 is 0 Å². The van der Waals surface area contributed by atoms with Crippen molar-refractivity contribution in [1.82, 2.24) is 9.88 Å². The lowest BCUT2D eigenvalue weighted by Crippen LogP contribution is -2.46. The highest BCUT2D eigenvalue weighted by Gasteiger charge is 2.18. The molecule has 1 N–H and O–H groups in total. The quantitative estimate of drug-likeness (QED) is 0.767. The van der Waals surface area contributed by atoms with Crippen LogP contribution in [0.3, 0.4) is 0 Å². The van der Waals surface area contributed by atoms with Crippen LogP contribution in [0.5, 0.6) is 0 Å². The van der Waals surface area contributed by atoms with E-state index in [1.165, 1.54) is 6.26 Å². The average Bonchev–Trinajstić information content (AvgIpc) is 3.23. The number of hydrogen-bond acceptors (Lipinski definition) is 5. The van der Waals surface area contributed by atoms with Crippen molar-refractivity contribution in [1.29, 1.82) is 0 Å². The number of hydrogen-bond donors (Lipinski definition) is 1. The number of piperazine rings is 1. The number of amides is 1. The Morgan fingerprint density at radius 2 is 2.00 bits per heavy atom. The van der Waals surface area contributed by atoms with Gasteiger partial charge < -0.3 is 19.5 Å². The molecule has 140 valence electrons. The Morgan fingerprint density at radius 3 is 2.70 bits per heavy atom. The highest BCUT2D eigenvalue weighted by molar-refractivity contribution is 6.03. The maximum Gasteiger partial charge on any atom is 0.291 e. The maximum absolute atomic E-state index is 12.2. The molecular formula is C21H24N4O2. The molecule has 1 fully saturated rings. The first kappa shape index (κ1) is 17.5. The first-order chi connectivity index (χ1) is 13.1. The van der Waals surface area contributed by atoms with E-state index >= 15 is 0 Å². The van der Waals surface area contributed by atoms with Crippen molar-refractivity contribution in [2.75, 3.05) is 42.9 Å². The third-order valence-corrected chi connectivity index (χ3v) is 5.15. The van der Waals surface area contributed by atoms with Gasteiger partial charge in [0.25, 0.3) is 5.91 Å². The van der Waals surface area contributed by atoms with Crippen molar-refractivity contribution in [3.63, 3.8) is 0 Å². The first-order valence-corrected chi connectivity index (χ1v) is 9.37. The molecule has 1 aromatic carbocycles. The molecule has 1 amide bonds. The third-order valence-electron chi connectivity index (χ3n) is 5.15. The third kappa shape index (κ3) is 3.66. The molecule has 0 bridgehead atoms. The molecule has 0 radical (unpaired) electrons. The van der Waals surface area contributed by atoms with Crippen LogP contribution in [-0.2, 0) is 0 Å². The van der Waals surface area contributed by atoms with Gasteiger partial charge in [-0.25, -0.2) is 4.98 Å². The number of carbonyl (C=O) groups excluding carboxylic acids is 1. The molecule has 1 saturated heterocycles. The van der Waals surface area contributed by atoms with E-state index in [0.29, 0.717) is 5.76 Å². The van der Waals surface area contributed by atoms with Crippen molar-refractivity contribution >= 4 is 28.3 Å². The molecule has 0 spiro atoms. The minimum atomic E-state index is -0.254. The monoisotopic (exact) mass is 364 g/mol. The summed E-state index contributed by atoms with van der Waals surface area (Å²) in [5.41, 5.74) is 2.83. The largest absolute Gasteiger partial charge is 0.459 e. The Kier molecular flexibility index (Phi) is 4.81. The van der Waals surface area contributed by atoms with E-state index in [-0.39, 0.29) is 5.91 Å². The molecule has 0 aliphatic carbocycles. The Morgan fingerprint density at radius 1 is 1.19 bits per heavy atom. The summed E-state index contributed by atoms with van der Waals surface area (Å²) in [6.07, 6.45) is 1.49. The SMILES string of the molecule is CCN1CCN(c2cc(C)c3cc(NC(=O)c4ccco4)ccc3n2)CC1. The van der Waals surface area contributed by atoms with Crippen LogP contribution in [0.15, 0.2) is 47.1 Å². The average molecular weight is 364 g/mol. The lowest BCUT2D eigenvalue weighted by Gasteiger charge is -2.35. The number of rotatable bonds is 4. The van der Waals surface area contributed by atoms with Crippen LogP contribution in [0.25, 0.3) is 10.9 Å². The van der Waals surface area contributed by atoms with Crippen molar-refractivity contribution in [3.8, 4) is 0 Å². The molecule has 0 unspecified atom stereocenters. The minimum absolute atomic E-state index is 0.254. The van der Waals surface area contributed by atoms with E-state index in [2.05, 4.69) is 35.0 Å². The predicted molar refractivity (Wildman–Crippen MR) is 107 cm³/mol. The molecule has 4 rings (SSSR count). The highest BCUT2D eigenvalue weighted by Crippen LogP contribution is 2.26. The summed E-state index contributed by atoms with van der Waals surface area (Å²) in [4.78, 5) is 21.8. The predicted octanol–water partition coefficient (Wildman–Crippen LogP) is 3.53. The van der Waals surface area contributed by atoms with Crippen LogP contribution in [0.1, 0.15) is 23.0 Å². The van der Waals surface area contributed by atoms with Gasteiger partial charge in [-0.2, -0.15) is 0 Å². The Bertz CT molecular complexity index is 944. The summed E-state index contributed by atoms with van der Waals surface area (Å²) in [6.45, 7) is 9.56. The Hall–Kier alpha value is -2.86. The molecule has 6 nitrogen and oxygen atoms in total. The lowest BCUT2D eigenvalue weighted by molar-refractivity contribution is 0.0996. The molecular weight excluding hydrogens is 340 g/mol. The van der Waals surface area contributed by atoms with Crippen molar-refractivity contribution in [2.24, 2.45) is 0 Å². The molecule has 1 aliphatic heterocycles. The van der Waals surface area contributed by atoms with E-state index in [1.807, 2.05) is 18.2 Å². The van der Waals surface area contributed by atoms with Gasteiger partial charge in [-0.1, -0.05) is 6.92 Å². The van der Waals surface area contributed by atoms with Crippen molar-refractivity contribution in [3.05, 3.63) is 54.0 Å². The lowest BCUT2D eigenvalue weighted by atomic mass is 10.1. The van der Waals surface area contributed by atoms with Gasteiger partial charge in [0.05, 0.1) is 11.8 Å². The van der Waals surface area contributed by atoms with Gasteiger partial charge in [0.1, 0.15) is 5.82 Å². The fourth-order valence-corrected chi connectivity index (χ4v) is 3.51. The zero-order chi connectivity index (χ0) is 18.8. The molecule has 0 saturated carbocycles. The number of anilines is 2. The van der Waals surface area contributed by atoms with Crippen molar-refractivity contribution in [2.45, 2.75) is 13.8 Å². The van der Waals surface area contributed by atoms with E-state index < -0.39 is 0 Å². The fraction of sp³-hybridized carbons (Fsp3) is 0.333. The van der Waals surface area contributed by atoms with Gasteiger partial charge in [0.15, 0.2) is 5.76 Å². The molecule has 3 heterocycles. The minimum Gasteiger partial charge on any atom is -0.459 e. The number of pyridine rings is 1. The number of carbonyl (C=O) groups is 1. The molecule has 0 atom stereocenters. The molecule has 27 heavy (non-hydrogen) atoms. The summed E-state index contributed by atoms with van der Waals surface area (Å²) in [7, 11) is 0. The number of aromatic nitrogens is 1. The normalized spacial score (nSPS) is 15.3. The van der Waals surface area contributed by atoms with Gasteiger partial charge in [-0.3, -0.25) is 4.79 Å². The van der Waals surface area contributed by atoms with E-state index in [4.69, 9.17) is 9.40 Å². The Balaban J connectivity index is 1.56. The van der Waals surface area contributed by atoms with Gasteiger partial charge in [0, 0.05) is 37.3 Å². The number of likely N-dealkylation sites (N-methyl/N-ethyl adjacent to an activating group) is 1. The van der Waals surface area contributed by atoms with Crippen molar-refractivity contribution < 1.29 is 9.21 Å². The second kappa shape index (κ2) is 7.40. The fourth-order valence-electron chi connectivity index (χ4n) is 3.51. The van der Waals surface area contributed by atoms with Crippen LogP contribution in [0.4, 0.5) is 11.5 Å². The van der Waals surface area contributed by atoms with Gasteiger partial charge in [-0.15, -0.1) is 0 Å². The highest BCUT2D eigenvalue weighted by atomic mass is 16.3. The number of nitrogens with zero attached hydrogens (tertiary/aromatic N) is 3. The molecule has 1 aliphatic rings. The zero-order valence-corrected chi connectivity index (χ0v) is 15.7. The maximum atomic E-state index is 12.2. The Labute approximate surface area is 158 Å². The second-order valence-electron chi connectivity index (χ2n) is 6.88. The number of nitrogens with one attached hydrogen (secondary N) is 1. The van der Waals surface area contributed by atoms with Crippen LogP contribution in [0.2, 0.25) is 0 Å². The summed E-state index contributed by atoms with van der Waals surface area (Å²) < 4.78 is 5.14. The summed E-state index contributed by atoms with van der Waals surface area (Å²) in [5.74, 6) is 1.07. The van der Waals surface area contributed by atoms with E-state index in [1.54, 1.807) is 12.1 Å². The standard InChI is InChI=1S/C21H24N4O2/c1-3-24-8-10-25(11-9-24)20-13-15(2)17-14-16(6-7-18(17)23-20)22-21(26)19-5-4-12-27-19/h4-7,12-14H,3,8-11H2,1-2H3,(H,22,26). The number of aryl methyl sites for hydroxylation is 1. The van der Waals surface area contributed by atoms with Gasteiger partial charge in [-0.05, 0) is 55.4 Å². The molecule has 3 aromatic rings. The molecule has 2 aromatic heterocycles. The second-order valence-corrected chi connectivity index (χ2v) is 6.88. The van der Waals surface area contributed by atoms with Crippen LogP contribution in [-0.4, -0.2) is 48.5 Å². The van der Waals surface area contributed by atoms with Crippen LogP contribution in [0, 0.1) is 6.92 Å². The van der Waals surface area contributed by atoms with E-state index in [9.17, 15) is 4.79 Å². The number of benzene rings is 1. The smallest absolute Gasteiger partial charge is 0.291 e. The van der Waals surface area contributed by atoms with Gasteiger partial charge in [0.2, 0.25) is 0 Å². The topological polar surface area (TPSA) is 61.6 Å². The molecule has 6 heteroatoms. The first-order valence-electron chi connectivity index (χ1n) is 9.37. The summed E-state index contributed by atoms with van der Waals surface area (Å²) in [6, 6.07) is 11.3. The number of fused-ring (bicyclic) bond motifs is 1. The zero-order valence-electron chi connectivity index (χ0n) is 15.7. The summed E-state index contributed by atoms with van der Waals surface area (Å²) in [5, 5.41) is 3.92. The number of furan rings is 1. The summed E-state index contributed by atoms with van der Waals surface area (Å²) >= 11 is 0. The van der Waals surface area contributed by atoms with Crippen LogP contribution >= 0.6 is 0 Å². The van der Waals surface area contributed by atoms with E-state index in [0.717, 1.165) is 60.7 Å².